The fourth-order valence-corrected chi connectivity index (χ4v) is 1.57. The van der Waals surface area contributed by atoms with Gasteiger partial charge in [0.15, 0.2) is 0 Å². The molecule has 0 spiro atoms. The smallest absolute Gasteiger partial charge is 0.0894 e. The van der Waals surface area contributed by atoms with E-state index in [2.05, 4.69) is 16.6 Å². The molecule has 1 heterocycles. The number of thiophene rings is 1. The zero-order valence-corrected chi connectivity index (χ0v) is 7.30. The van der Waals surface area contributed by atoms with E-state index in [1.165, 1.54) is 5.56 Å². The van der Waals surface area contributed by atoms with Crippen LogP contribution in [0, 0.1) is 4.91 Å². The second-order valence-electron chi connectivity index (χ2n) is 2.62. The van der Waals surface area contributed by atoms with Crippen molar-refractivity contribution in [3.63, 3.8) is 0 Å². The number of nitrogens with zero attached hydrogens (tertiary/aromatic N) is 1. The Balaban J connectivity index is 2.28. The van der Waals surface area contributed by atoms with Gasteiger partial charge in [-0.15, -0.1) is 0 Å². The third-order valence-corrected chi connectivity index (χ3v) is 2.34. The minimum absolute atomic E-state index is 0.0464. The monoisotopic (exact) mass is 169 g/mol. The quantitative estimate of drug-likeness (QED) is 0.637. The average molecular weight is 169 g/mol. The van der Waals surface area contributed by atoms with Crippen LogP contribution in [0.25, 0.3) is 0 Å². The lowest BCUT2D eigenvalue weighted by molar-refractivity contribution is 0.664. The SMILES string of the molecule is CC(CCc1ccsc1)N=O. The molecule has 0 N–H and O–H groups in total. The van der Waals surface area contributed by atoms with Crippen LogP contribution < -0.4 is 0 Å². The van der Waals surface area contributed by atoms with E-state index in [1.807, 2.05) is 12.3 Å². The number of nitroso groups, excluding NO2 is 1. The highest BCUT2D eigenvalue weighted by Crippen LogP contribution is 2.10. The Hall–Kier alpha value is -0.700. The first-order valence-electron chi connectivity index (χ1n) is 3.66. The van der Waals surface area contributed by atoms with Crippen LogP contribution in [0.15, 0.2) is 22.0 Å². The summed E-state index contributed by atoms with van der Waals surface area (Å²) in [6.45, 7) is 1.85. The second-order valence-corrected chi connectivity index (χ2v) is 3.40. The molecule has 3 heteroatoms. The third-order valence-electron chi connectivity index (χ3n) is 1.61. The van der Waals surface area contributed by atoms with Gasteiger partial charge < -0.3 is 0 Å². The maximum atomic E-state index is 10.0. The van der Waals surface area contributed by atoms with Crippen molar-refractivity contribution in [1.29, 1.82) is 0 Å². The van der Waals surface area contributed by atoms with Gasteiger partial charge >= 0.3 is 0 Å². The molecule has 0 amide bonds. The molecule has 0 aliphatic heterocycles. The molecular formula is C8H11NOS. The van der Waals surface area contributed by atoms with Crippen molar-refractivity contribution in [2.45, 2.75) is 25.8 Å². The summed E-state index contributed by atoms with van der Waals surface area (Å²) in [7, 11) is 0. The van der Waals surface area contributed by atoms with Gasteiger partial charge in [-0.05, 0) is 42.2 Å². The minimum atomic E-state index is -0.0464. The molecular weight excluding hydrogens is 158 g/mol. The molecule has 60 valence electrons. The van der Waals surface area contributed by atoms with Gasteiger partial charge in [-0.3, -0.25) is 0 Å². The van der Waals surface area contributed by atoms with Crippen molar-refractivity contribution < 1.29 is 0 Å². The number of hydrogen-bond donors (Lipinski definition) is 0. The van der Waals surface area contributed by atoms with Crippen molar-refractivity contribution in [3.8, 4) is 0 Å². The van der Waals surface area contributed by atoms with Gasteiger partial charge in [0.2, 0.25) is 0 Å². The fraction of sp³-hybridized carbons (Fsp3) is 0.500. The Bertz CT molecular complexity index is 208. The zero-order valence-electron chi connectivity index (χ0n) is 6.49. The van der Waals surface area contributed by atoms with Crippen LogP contribution in [0.5, 0.6) is 0 Å². The summed E-state index contributed by atoms with van der Waals surface area (Å²) in [6, 6.07) is 2.04. The maximum Gasteiger partial charge on any atom is 0.0894 e. The van der Waals surface area contributed by atoms with Crippen LogP contribution in [-0.2, 0) is 6.42 Å². The van der Waals surface area contributed by atoms with E-state index in [9.17, 15) is 4.91 Å². The molecule has 0 fully saturated rings. The van der Waals surface area contributed by atoms with Gasteiger partial charge in [-0.25, -0.2) is 0 Å². The Morgan fingerprint density at radius 2 is 2.55 bits per heavy atom. The second kappa shape index (κ2) is 4.23. The highest BCUT2D eigenvalue weighted by Gasteiger charge is 2.00. The average Bonchev–Trinajstić information content (AvgIpc) is 2.52. The predicted octanol–water partition coefficient (Wildman–Crippen LogP) is 2.84. The summed E-state index contributed by atoms with van der Waals surface area (Å²) >= 11 is 1.69. The van der Waals surface area contributed by atoms with E-state index in [4.69, 9.17) is 0 Å². The summed E-state index contributed by atoms with van der Waals surface area (Å²) in [6.07, 6.45) is 1.83. The maximum absolute atomic E-state index is 10.0. The number of hydrogen-bond acceptors (Lipinski definition) is 3. The van der Waals surface area contributed by atoms with E-state index < -0.39 is 0 Å². The summed E-state index contributed by atoms with van der Waals surface area (Å²) in [5.74, 6) is 0. The third kappa shape index (κ3) is 2.80. The van der Waals surface area contributed by atoms with Gasteiger partial charge in [0, 0.05) is 0 Å². The Morgan fingerprint density at radius 1 is 1.73 bits per heavy atom. The predicted molar refractivity (Wildman–Crippen MR) is 47.9 cm³/mol. The summed E-state index contributed by atoms with van der Waals surface area (Å²) in [4.78, 5) is 10.0. The van der Waals surface area contributed by atoms with E-state index in [-0.39, 0.29) is 6.04 Å². The van der Waals surface area contributed by atoms with Gasteiger partial charge in [0.1, 0.15) is 0 Å². The van der Waals surface area contributed by atoms with Gasteiger partial charge in [0.25, 0.3) is 0 Å². The fourth-order valence-electron chi connectivity index (χ4n) is 0.863. The molecule has 0 aromatic carbocycles. The minimum Gasteiger partial charge on any atom is -0.152 e. The zero-order chi connectivity index (χ0) is 8.10. The molecule has 0 aliphatic rings. The Kier molecular flexibility index (Phi) is 3.23. The summed E-state index contributed by atoms with van der Waals surface area (Å²) < 4.78 is 0. The van der Waals surface area contributed by atoms with Crippen LogP contribution in [0.2, 0.25) is 0 Å². The molecule has 0 saturated heterocycles. The van der Waals surface area contributed by atoms with Crippen molar-refractivity contribution in [2.24, 2.45) is 5.18 Å². The van der Waals surface area contributed by atoms with Crippen LogP contribution >= 0.6 is 11.3 Å². The first-order chi connectivity index (χ1) is 5.33. The normalized spacial score (nSPS) is 12.8. The summed E-state index contributed by atoms with van der Waals surface area (Å²) in [5.41, 5.74) is 1.31. The van der Waals surface area contributed by atoms with Crippen LogP contribution in [0.4, 0.5) is 0 Å². The molecule has 1 rings (SSSR count). The lowest BCUT2D eigenvalue weighted by Gasteiger charge is -1.98. The lowest BCUT2D eigenvalue weighted by atomic mass is 10.1. The molecule has 1 atom stereocenters. The topological polar surface area (TPSA) is 29.4 Å². The standard InChI is InChI=1S/C8H11NOS/c1-7(9-10)2-3-8-4-5-11-6-8/h4-7H,2-3H2,1H3. The molecule has 1 aromatic rings. The molecule has 0 aliphatic carbocycles. The number of aryl methyl sites for hydroxylation is 1. The van der Waals surface area contributed by atoms with Crippen LogP contribution in [0.1, 0.15) is 18.9 Å². The Morgan fingerprint density at radius 3 is 3.09 bits per heavy atom. The van der Waals surface area contributed by atoms with Gasteiger partial charge in [0.05, 0.1) is 6.04 Å². The van der Waals surface area contributed by atoms with Crippen LogP contribution in [-0.4, -0.2) is 6.04 Å². The lowest BCUT2D eigenvalue weighted by Crippen LogP contribution is -1.97. The van der Waals surface area contributed by atoms with Crippen molar-refractivity contribution >= 4 is 11.3 Å². The molecule has 0 bridgehead atoms. The molecule has 1 unspecified atom stereocenters. The van der Waals surface area contributed by atoms with Crippen molar-refractivity contribution in [2.75, 3.05) is 0 Å². The first kappa shape index (κ1) is 8.40. The van der Waals surface area contributed by atoms with Crippen LogP contribution in [0.3, 0.4) is 0 Å². The molecule has 11 heavy (non-hydrogen) atoms. The Labute approximate surface area is 70.2 Å². The van der Waals surface area contributed by atoms with Gasteiger partial charge in [-0.2, -0.15) is 16.2 Å². The molecule has 1 aromatic heterocycles. The van der Waals surface area contributed by atoms with E-state index >= 15 is 0 Å². The molecule has 2 nitrogen and oxygen atoms in total. The highest BCUT2D eigenvalue weighted by molar-refractivity contribution is 7.07. The highest BCUT2D eigenvalue weighted by atomic mass is 32.1. The molecule has 0 saturated carbocycles. The molecule has 0 radical (unpaired) electrons. The number of rotatable bonds is 4. The largest absolute Gasteiger partial charge is 0.152 e. The summed E-state index contributed by atoms with van der Waals surface area (Å²) in [5, 5.41) is 7.10. The van der Waals surface area contributed by atoms with Gasteiger partial charge in [-0.1, -0.05) is 5.18 Å². The van der Waals surface area contributed by atoms with E-state index in [1.54, 1.807) is 11.3 Å². The first-order valence-corrected chi connectivity index (χ1v) is 4.60. The van der Waals surface area contributed by atoms with Crippen molar-refractivity contribution in [1.82, 2.24) is 0 Å². The van der Waals surface area contributed by atoms with E-state index in [0.29, 0.717) is 0 Å². The van der Waals surface area contributed by atoms with E-state index in [0.717, 1.165) is 12.8 Å². The van der Waals surface area contributed by atoms with Crippen molar-refractivity contribution in [3.05, 3.63) is 27.3 Å².